The van der Waals surface area contributed by atoms with E-state index in [0.29, 0.717) is 11.1 Å². The molecule has 0 radical (unpaired) electrons. The van der Waals surface area contributed by atoms with Gasteiger partial charge in [0.25, 0.3) is 0 Å². The molecule has 0 fully saturated rings. The smallest absolute Gasteiger partial charge is 0.332 e. The fourth-order valence-corrected chi connectivity index (χ4v) is 1.92. The summed E-state index contributed by atoms with van der Waals surface area (Å²) in [7, 11) is 1.23. The van der Waals surface area contributed by atoms with Crippen molar-refractivity contribution in [2.75, 3.05) is 12.4 Å². The zero-order chi connectivity index (χ0) is 15.4. The van der Waals surface area contributed by atoms with Crippen LogP contribution in [0.5, 0.6) is 0 Å². The highest BCUT2D eigenvalue weighted by molar-refractivity contribution is 5.81. The summed E-state index contributed by atoms with van der Waals surface area (Å²) in [5.74, 6) is -1.56. The summed E-state index contributed by atoms with van der Waals surface area (Å²) in [5.41, 5.74) is 0.982. The molecule has 0 aromatic heterocycles. The minimum Gasteiger partial charge on any atom is -0.467 e. The summed E-state index contributed by atoms with van der Waals surface area (Å²) in [6.45, 7) is 1.62. The van der Waals surface area contributed by atoms with Crippen LogP contribution >= 0.6 is 0 Å². The number of ether oxygens (including phenoxy) is 1. The van der Waals surface area contributed by atoms with Gasteiger partial charge in [-0.15, -0.1) is 0 Å². The normalized spacial score (nSPS) is 11.8. The van der Waals surface area contributed by atoms with Gasteiger partial charge >= 0.3 is 5.97 Å². The third-order valence-electron chi connectivity index (χ3n) is 3.14. The monoisotopic (exact) mass is 291 g/mol. The Morgan fingerprint density at radius 3 is 2.48 bits per heavy atom. The number of benzene rings is 2. The highest BCUT2D eigenvalue weighted by atomic mass is 19.1. The molecule has 0 amide bonds. The van der Waals surface area contributed by atoms with Crippen LogP contribution < -0.4 is 5.32 Å². The molecule has 0 bridgehead atoms. The van der Waals surface area contributed by atoms with E-state index >= 15 is 0 Å². The van der Waals surface area contributed by atoms with E-state index in [0.717, 1.165) is 0 Å². The number of hydrogen-bond donors (Lipinski definition) is 1. The van der Waals surface area contributed by atoms with E-state index in [1.807, 2.05) is 0 Å². The molecule has 21 heavy (non-hydrogen) atoms. The Morgan fingerprint density at radius 2 is 1.86 bits per heavy atom. The summed E-state index contributed by atoms with van der Waals surface area (Å²) >= 11 is 0. The summed E-state index contributed by atoms with van der Waals surface area (Å²) < 4.78 is 32.1. The first-order chi connectivity index (χ1) is 10.0. The topological polar surface area (TPSA) is 38.3 Å². The van der Waals surface area contributed by atoms with Crippen LogP contribution in [0.4, 0.5) is 14.5 Å². The number of carbonyl (C=O) groups excluding carboxylic acids is 1. The van der Waals surface area contributed by atoms with E-state index in [-0.39, 0.29) is 5.69 Å². The van der Waals surface area contributed by atoms with E-state index in [9.17, 15) is 13.6 Å². The maximum absolute atomic E-state index is 13.7. The number of para-hydroxylation sites is 1. The first-order valence-corrected chi connectivity index (χ1v) is 6.38. The van der Waals surface area contributed by atoms with Gasteiger partial charge in [-0.05, 0) is 36.2 Å². The van der Waals surface area contributed by atoms with Gasteiger partial charge in [0.2, 0.25) is 0 Å². The second-order valence-electron chi connectivity index (χ2n) is 4.59. The van der Waals surface area contributed by atoms with E-state index in [4.69, 9.17) is 4.74 Å². The number of carbonyl (C=O) groups is 1. The SMILES string of the molecule is COC(=O)C(Nc1ccccc1F)c1ccc(C)c(F)c1. The van der Waals surface area contributed by atoms with E-state index in [2.05, 4.69) is 5.32 Å². The van der Waals surface area contributed by atoms with E-state index in [1.165, 1.54) is 25.3 Å². The van der Waals surface area contributed by atoms with Crippen LogP contribution in [0.1, 0.15) is 17.2 Å². The molecule has 3 nitrogen and oxygen atoms in total. The predicted octanol–water partition coefficient (Wildman–Crippen LogP) is 3.60. The average Bonchev–Trinajstić information content (AvgIpc) is 2.48. The second-order valence-corrected chi connectivity index (χ2v) is 4.59. The third-order valence-corrected chi connectivity index (χ3v) is 3.14. The lowest BCUT2D eigenvalue weighted by Gasteiger charge is -2.19. The fourth-order valence-electron chi connectivity index (χ4n) is 1.92. The van der Waals surface area contributed by atoms with Crippen molar-refractivity contribution < 1.29 is 18.3 Å². The summed E-state index contributed by atoms with van der Waals surface area (Å²) in [6, 6.07) is 9.36. The lowest BCUT2D eigenvalue weighted by Crippen LogP contribution is -2.23. The minimum absolute atomic E-state index is 0.147. The minimum atomic E-state index is -0.984. The van der Waals surface area contributed by atoms with Gasteiger partial charge in [-0.1, -0.05) is 24.3 Å². The van der Waals surface area contributed by atoms with Gasteiger partial charge in [0.1, 0.15) is 11.6 Å². The van der Waals surface area contributed by atoms with Crippen molar-refractivity contribution in [3.63, 3.8) is 0 Å². The third kappa shape index (κ3) is 3.37. The van der Waals surface area contributed by atoms with Crippen molar-refractivity contribution in [3.8, 4) is 0 Å². The largest absolute Gasteiger partial charge is 0.467 e. The number of nitrogens with one attached hydrogen (secondary N) is 1. The molecular formula is C16H15F2NO2. The molecule has 0 spiro atoms. The highest BCUT2D eigenvalue weighted by Gasteiger charge is 2.23. The summed E-state index contributed by atoms with van der Waals surface area (Å²) in [4.78, 5) is 11.9. The number of rotatable bonds is 4. The van der Waals surface area contributed by atoms with Crippen LogP contribution in [0.3, 0.4) is 0 Å². The van der Waals surface area contributed by atoms with Gasteiger partial charge in [-0.2, -0.15) is 0 Å². The number of methoxy groups -OCH3 is 1. The molecule has 1 atom stereocenters. The van der Waals surface area contributed by atoms with Gasteiger partial charge < -0.3 is 10.1 Å². The van der Waals surface area contributed by atoms with E-state index in [1.54, 1.807) is 31.2 Å². The Hall–Kier alpha value is -2.43. The highest BCUT2D eigenvalue weighted by Crippen LogP contribution is 2.24. The van der Waals surface area contributed by atoms with Gasteiger partial charge in [-0.3, -0.25) is 0 Å². The van der Waals surface area contributed by atoms with Crippen molar-refractivity contribution in [3.05, 3.63) is 65.2 Å². The zero-order valence-corrected chi connectivity index (χ0v) is 11.7. The van der Waals surface area contributed by atoms with Crippen molar-refractivity contribution >= 4 is 11.7 Å². The van der Waals surface area contributed by atoms with Crippen LogP contribution in [-0.2, 0) is 9.53 Å². The van der Waals surface area contributed by atoms with Crippen LogP contribution in [0.2, 0.25) is 0 Å². The quantitative estimate of drug-likeness (QED) is 0.875. The molecule has 1 N–H and O–H groups in total. The van der Waals surface area contributed by atoms with Crippen molar-refractivity contribution in [1.82, 2.24) is 0 Å². The summed E-state index contributed by atoms with van der Waals surface area (Å²) in [5, 5.41) is 2.74. The number of halogens is 2. The van der Waals surface area contributed by atoms with Gasteiger partial charge in [0.15, 0.2) is 6.04 Å². The van der Waals surface area contributed by atoms with Crippen LogP contribution in [-0.4, -0.2) is 13.1 Å². The second kappa shape index (κ2) is 6.35. The van der Waals surface area contributed by atoms with E-state index < -0.39 is 23.6 Å². The van der Waals surface area contributed by atoms with Gasteiger partial charge in [0.05, 0.1) is 12.8 Å². The molecule has 0 aliphatic carbocycles. The van der Waals surface area contributed by atoms with Crippen LogP contribution in [0.25, 0.3) is 0 Å². The zero-order valence-electron chi connectivity index (χ0n) is 11.7. The standard InChI is InChI=1S/C16H15F2NO2/c1-10-7-8-11(9-13(10)18)15(16(20)21-2)19-14-6-4-3-5-12(14)17/h3-9,15,19H,1-2H3. The molecule has 0 aliphatic heterocycles. The fraction of sp³-hybridized carbons (Fsp3) is 0.188. The Labute approximate surface area is 121 Å². The first-order valence-electron chi connectivity index (χ1n) is 6.38. The Morgan fingerprint density at radius 1 is 1.14 bits per heavy atom. The Bertz CT molecular complexity index is 658. The summed E-state index contributed by atoms with van der Waals surface area (Å²) in [6.07, 6.45) is 0. The molecule has 5 heteroatoms. The number of aryl methyl sites for hydroxylation is 1. The van der Waals surface area contributed by atoms with Gasteiger partial charge in [-0.25, -0.2) is 13.6 Å². The van der Waals surface area contributed by atoms with Crippen molar-refractivity contribution in [1.29, 1.82) is 0 Å². The predicted molar refractivity (Wildman–Crippen MR) is 75.9 cm³/mol. The van der Waals surface area contributed by atoms with Crippen LogP contribution in [0.15, 0.2) is 42.5 Å². The van der Waals surface area contributed by atoms with Crippen LogP contribution in [0, 0.1) is 18.6 Å². The van der Waals surface area contributed by atoms with Crippen molar-refractivity contribution in [2.45, 2.75) is 13.0 Å². The first kappa shape index (κ1) is 15.0. The Balaban J connectivity index is 2.37. The molecule has 0 saturated heterocycles. The van der Waals surface area contributed by atoms with Crippen molar-refractivity contribution in [2.24, 2.45) is 0 Å². The Kier molecular flexibility index (Phi) is 4.52. The molecule has 0 saturated carbocycles. The molecule has 0 aliphatic rings. The molecule has 2 aromatic rings. The number of anilines is 1. The number of hydrogen-bond acceptors (Lipinski definition) is 3. The number of esters is 1. The van der Waals surface area contributed by atoms with Gasteiger partial charge in [0, 0.05) is 0 Å². The lowest BCUT2D eigenvalue weighted by atomic mass is 10.0. The maximum Gasteiger partial charge on any atom is 0.332 e. The molecule has 1 unspecified atom stereocenters. The molecule has 110 valence electrons. The maximum atomic E-state index is 13.7. The lowest BCUT2D eigenvalue weighted by molar-refractivity contribution is -0.141. The average molecular weight is 291 g/mol. The molecule has 2 rings (SSSR count). The molecule has 0 heterocycles. The molecular weight excluding hydrogens is 276 g/mol. The molecule has 2 aromatic carbocycles.